The molecular formula is C18H15F2N3O2. The predicted molar refractivity (Wildman–Crippen MR) is 89.5 cm³/mol. The van der Waals surface area contributed by atoms with Crippen molar-refractivity contribution in [2.24, 2.45) is 11.1 Å². The molecule has 7 heteroatoms. The van der Waals surface area contributed by atoms with Gasteiger partial charge in [-0.2, -0.15) is 5.10 Å². The minimum absolute atomic E-state index is 0.0114. The summed E-state index contributed by atoms with van der Waals surface area (Å²) in [6.45, 7) is 0.303. The molecule has 5 nitrogen and oxygen atoms in total. The number of benzene rings is 1. The summed E-state index contributed by atoms with van der Waals surface area (Å²) >= 11 is 0. The van der Waals surface area contributed by atoms with E-state index in [1.54, 1.807) is 0 Å². The van der Waals surface area contributed by atoms with E-state index in [2.05, 4.69) is 10.3 Å². The molecule has 0 spiro atoms. The van der Waals surface area contributed by atoms with Gasteiger partial charge >= 0.3 is 0 Å². The molecule has 128 valence electrons. The largest absolute Gasteiger partial charge is 0.411 e. The van der Waals surface area contributed by atoms with E-state index in [-0.39, 0.29) is 17.0 Å². The summed E-state index contributed by atoms with van der Waals surface area (Å²) in [6, 6.07) is 5.87. The molecule has 1 aromatic carbocycles. The third-order valence-corrected chi connectivity index (χ3v) is 3.85. The van der Waals surface area contributed by atoms with E-state index in [4.69, 9.17) is 5.21 Å². The highest BCUT2D eigenvalue weighted by Crippen LogP contribution is 2.21. The number of nitrogens with zero attached hydrogens (tertiary/aromatic N) is 3. The molecule has 0 aliphatic heterocycles. The average Bonchev–Trinajstić information content (AvgIpc) is 2.57. The first-order valence-electron chi connectivity index (χ1n) is 7.64. The summed E-state index contributed by atoms with van der Waals surface area (Å²) in [4.78, 5) is 12.1. The highest BCUT2D eigenvalue weighted by Gasteiger charge is 2.14. The monoisotopic (exact) mass is 343 g/mol. The highest BCUT2D eigenvalue weighted by atomic mass is 19.1. The van der Waals surface area contributed by atoms with Gasteiger partial charge in [-0.15, -0.1) is 0 Å². The predicted octanol–water partition coefficient (Wildman–Crippen LogP) is 3.15. The Morgan fingerprint density at radius 3 is 2.76 bits per heavy atom. The topological polar surface area (TPSA) is 67.5 Å². The number of aromatic nitrogens is 2. The molecule has 1 aromatic heterocycles. The molecule has 1 N–H and O–H groups in total. The van der Waals surface area contributed by atoms with Crippen LogP contribution in [0.5, 0.6) is 0 Å². The maximum atomic E-state index is 13.4. The smallest absolute Gasteiger partial charge is 0.266 e. The van der Waals surface area contributed by atoms with E-state index >= 15 is 0 Å². The minimum atomic E-state index is -0.706. The second kappa shape index (κ2) is 7.21. The molecule has 0 saturated carbocycles. The molecule has 0 amide bonds. The van der Waals surface area contributed by atoms with Gasteiger partial charge in [0.15, 0.2) is 0 Å². The first-order valence-corrected chi connectivity index (χ1v) is 7.64. The Hall–Kier alpha value is -3.09. The van der Waals surface area contributed by atoms with Crippen molar-refractivity contribution < 1.29 is 14.0 Å². The van der Waals surface area contributed by atoms with Crippen molar-refractivity contribution in [2.75, 3.05) is 0 Å². The molecule has 3 rings (SSSR count). The Balaban J connectivity index is 1.87. The minimum Gasteiger partial charge on any atom is -0.411 e. The van der Waals surface area contributed by atoms with Crippen molar-refractivity contribution >= 4 is 6.21 Å². The van der Waals surface area contributed by atoms with Gasteiger partial charge in [0.2, 0.25) is 0 Å². The number of rotatable bonds is 4. The van der Waals surface area contributed by atoms with Gasteiger partial charge in [-0.25, -0.2) is 13.5 Å². The second-order valence-corrected chi connectivity index (χ2v) is 5.73. The molecule has 1 aliphatic carbocycles. The van der Waals surface area contributed by atoms with Gasteiger partial charge in [0, 0.05) is 23.6 Å². The van der Waals surface area contributed by atoms with Gasteiger partial charge in [0.05, 0.1) is 18.5 Å². The summed E-state index contributed by atoms with van der Waals surface area (Å²) in [6.07, 6.45) is 7.50. The van der Waals surface area contributed by atoms with Crippen LogP contribution in [0, 0.1) is 17.6 Å². The lowest BCUT2D eigenvalue weighted by Crippen LogP contribution is -2.26. The molecule has 1 heterocycles. The zero-order valence-corrected chi connectivity index (χ0v) is 13.1. The molecule has 0 fully saturated rings. The maximum absolute atomic E-state index is 13.4. The molecular weight excluding hydrogens is 328 g/mol. The Morgan fingerprint density at radius 2 is 2.04 bits per heavy atom. The Kier molecular flexibility index (Phi) is 4.83. The van der Waals surface area contributed by atoms with E-state index in [1.807, 2.05) is 18.2 Å². The van der Waals surface area contributed by atoms with Crippen LogP contribution in [0.4, 0.5) is 8.78 Å². The van der Waals surface area contributed by atoms with Gasteiger partial charge in [-0.05, 0) is 30.2 Å². The molecule has 2 aromatic rings. The third-order valence-electron chi connectivity index (χ3n) is 3.85. The Morgan fingerprint density at radius 1 is 1.28 bits per heavy atom. The van der Waals surface area contributed by atoms with Gasteiger partial charge in [0.1, 0.15) is 11.6 Å². The first-order chi connectivity index (χ1) is 12.0. The number of hydrogen-bond donors (Lipinski definition) is 1. The zero-order valence-electron chi connectivity index (χ0n) is 13.1. The number of halogens is 2. The van der Waals surface area contributed by atoms with E-state index in [0.717, 1.165) is 11.6 Å². The van der Waals surface area contributed by atoms with Crippen LogP contribution in [0.1, 0.15) is 6.42 Å². The van der Waals surface area contributed by atoms with E-state index in [1.165, 1.54) is 35.2 Å². The fourth-order valence-corrected chi connectivity index (χ4v) is 2.73. The van der Waals surface area contributed by atoms with Gasteiger partial charge < -0.3 is 5.21 Å². The van der Waals surface area contributed by atoms with Crippen molar-refractivity contribution in [1.82, 2.24) is 9.78 Å². The number of hydrogen-bond acceptors (Lipinski definition) is 4. The third kappa shape index (κ3) is 4.06. The lowest BCUT2D eigenvalue weighted by molar-refractivity contribution is 0.321. The fraction of sp³-hybridized carbons (Fsp3) is 0.167. The van der Waals surface area contributed by atoms with Crippen LogP contribution in [0.3, 0.4) is 0 Å². The number of allylic oxidation sites excluding steroid dienone is 4. The van der Waals surface area contributed by atoms with Crippen LogP contribution < -0.4 is 5.56 Å². The van der Waals surface area contributed by atoms with Gasteiger partial charge in [-0.3, -0.25) is 4.79 Å². The summed E-state index contributed by atoms with van der Waals surface area (Å²) in [5.74, 6) is -1.42. The summed E-state index contributed by atoms with van der Waals surface area (Å²) in [5, 5.41) is 15.9. The van der Waals surface area contributed by atoms with Crippen molar-refractivity contribution in [1.29, 1.82) is 0 Å². The zero-order chi connectivity index (χ0) is 17.8. The van der Waals surface area contributed by atoms with Crippen molar-refractivity contribution in [3.8, 4) is 11.3 Å². The lowest BCUT2D eigenvalue weighted by Gasteiger charge is -2.17. The van der Waals surface area contributed by atoms with Crippen LogP contribution in [0.15, 0.2) is 64.1 Å². The molecule has 1 atom stereocenters. The summed E-state index contributed by atoms with van der Waals surface area (Å²) in [7, 11) is 0. The van der Waals surface area contributed by atoms with E-state index < -0.39 is 11.6 Å². The van der Waals surface area contributed by atoms with Crippen LogP contribution >= 0.6 is 0 Å². The van der Waals surface area contributed by atoms with Crippen molar-refractivity contribution in [2.45, 2.75) is 13.0 Å². The molecule has 1 unspecified atom stereocenters. The quantitative estimate of drug-likeness (QED) is 0.527. The van der Waals surface area contributed by atoms with Gasteiger partial charge in [0.25, 0.3) is 5.56 Å². The van der Waals surface area contributed by atoms with Crippen LogP contribution in [-0.2, 0) is 6.54 Å². The highest BCUT2D eigenvalue weighted by molar-refractivity contribution is 5.78. The molecule has 0 radical (unpaired) electrons. The Bertz CT molecular complexity index is 912. The first kappa shape index (κ1) is 16.8. The van der Waals surface area contributed by atoms with E-state index in [9.17, 15) is 13.6 Å². The van der Waals surface area contributed by atoms with Crippen molar-refractivity contribution in [3.05, 3.63) is 76.1 Å². The lowest BCUT2D eigenvalue weighted by atomic mass is 9.95. The fourth-order valence-electron chi connectivity index (χ4n) is 2.73. The average molecular weight is 343 g/mol. The SMILES string of the molecule is O=c1ccc(-c2cc(F)cc(F)c2)nn1CC1C=CC=C(/C=N/O)C1. The standard InChI is InChI=1S/C18H15F2N3O2/c19-15-7-14(8-16(20)9-15)17-4-5-18(24)23(22-17)11-13-3-1-2-12(6-13)10-21-25/h1-5,7-10,13,25H,6,11H2/b21-10+. The second-order valence-electron chi connectivity index (χ2n) is 5.73. The summed E-state index contributed by atoms with van der Waals surface area (Å²) in [5.41, 5.74) is 1.09. The number of oxime groups is 1. The molecule has 0 bridgehead atoms. The molecule has 0 saturated heterocycles. The van der Waals surface area contributed by atoms with Crippen LogP contribution in [-0.4, -0.2) is 21.2 Å². The summed E-state index contributed by atoms with van der Waals surface area (Å²) < 4.78 is 28.1. The van der Waals surface area contributed by atoms with Gasteiger partial charge in [-0.1, -0.05) is 23.4 Å². The molecule has 1 aliphatic rings. The Labute approximate surface area is 142 Å². The molecule has 25 heavy (non-hydrogen) atoms. The van der Waals surface area contributed by atoms with Crippen molar-refractivity contribution in [3.63, 3.8) is 0 Å². The van der Waals surface area contributed by atoms with E-state index in [0.29, 0.717) is 18.7 Å². The van der Waals surface area contributed by atoms with Crippen LogP contribution in [0.25, 0.3) is 11.3 Å². The van der Waals surface area contributed by atoms with Crippen LogP contribution in [0.2, 0.25) is 0 Å². The normalized spacial score (nSPS) is 17.0. The maximum Gasteiger partial charge on any atom is 0.266 e.